The molecule has 148 valence electrons. The molecule has 2 amide bonds. The maximum atomic E-state index is 13.6. The second kappa shape index (κ2) is 8.70. The number of rotatable bonds is 7. The highest BCUT2D eigenvalue weighted by atomic mass is 79.9. The van der Waals surface area contributed by atoms with Gasteiger partial charge in [-0.1, -0.05) is 15.9 Å². The van der Waals surface area contributed by atoms with Gasteiger partial charge < -0.3 is 20.5 Å². The monoisotopic (exact) mass is 470 g/mol. The largest absolute Gasteiger partial charge is 0.479 e. The number of nitrogens with one attached hydrogen (secondary N) is 1. The smallest absolute Gasteiger partial charge is 0.344 e. The summed E-state index contributed by atoms with van der Waals surface area (Å²) in [5.41, 5.74) is 6.64. The number of nitrogens with two attached hydrogens (primary N) is 1. The Labute approximate surface area is 172 Å². The third-order valence-electron chi connectivity index (χ3n) is 4.02. The molecule has 0 radical (unpaired) electrons. The molecule has 1 aromatic carbocycles. The SMILES string of the molecule is NC(=O)c1c(NC(=O)COC(=O)COc2ccc(Br)cc2F)sc2c1CCC2. The van der Waals surface area contributed by atoms with Gasteiger partial charge in [0.1, 0.15) is 5.00 Å². The number of hydrogen-bond donors (Lipinski definition) is 2. The molecule has 3 rings (SSSR count). The molecule has 0 saturated heterocycles. The molecule has 0 bridgehead atoms. The van der Waals surface area contributed by atoms with Crippen molar-refractivity contribution >= 4 is 50.1 Å². The summed E-state index contributed by atoms with van der Waals surface area (Å²) in [4.78, 5) is 36.5. The molecular weight excluding hydrogens is 455 g/mol. The lowest BCUT2D eigenvalue weighted by Gasteiger charge is -2.09. The third kappa shape index (κ3) is 4.68. The van der Waals surface area contributed by atoms with E-state index in [2.05, 4.69) is 21.2 Å². The molecular formula is C18H16BrFN2O5S. The summed E-state index contributed by atoms with van der Waals surface area (Å²) in [6.45, 7) is -1.11. The molecule has 0 atom stereocenters. The molecule has 0 spiro atoms. The predicted octanol–water partition coefficient (Wildman–Crippen LogP) is 2.80. The number of thiophene rings is 1. The van der Waals surface area contributed by atoms with Gasteiger partial charge in [0.15, 0.2) is 24.8 Å². The molecule has 1 aromatic heterocycles. The first-order valence-corrected chi connectivity index (χ1v) is 9.93. The van der Waals surface area contributed by atoms with E-state index in [-0.39, 0.29) is 5.75 Å². The zero-order valence-corrected chi connectivity index (χ0v) is 17.0. The van der Waals surface area contributed by atoms with Crippen LogP contribution in [-0.2, 0) is 27.2 Å². The summed E-state index contributed by atoms with van der Waals surface area (Å²) in [6, 6.07) is 4.12. The highest BCUT2D eigenvalue weighted by molar-refractivity contribution is 9.10. The number of aryl methyl sites for hydroxylation is 1. The minimum absolute atomic E-state index is 0.108. The number of ether oxygens (including phenoxy) is 2. The second-order valence-corrected chi connectivity index (χ2v) is 8.02. The molecule has 0 fully saturated rings. The van der Waals surface area contributed by atoms with E-state index in [1.54, 1.807) is 6.07 Å². The quantitative estimate of drug-likeness (QED) is 0.604. The van der Waals surface area contributed by atoms with E-state index in [4.69, 9.17) is 15.2 Å². The van der Waals surface area contributed by atoms with Crippen molar-refractivity contribution in [1.29, 1.82) is 0 Å². The van der Waals surface area contributed by atoms with Crippen LogP contribution in [0.15, 0.2) is 22.7 Å². The number of carbonyl (C=O) groups is 3. The summed E-state index contributed by atoms with van der Waals surface area (Å²) >= 11 is 4.42. The van der Waals surface area contributed by atoms with Crippen LogP contribution in [0.25, 0.3) is 0 Å². The molecule has 1 heterocycles. The Morgan fingerprint density at radius 3 is 2.75 bits per heavy atom. The number of fused-ring (bicyclic) bond motifs is 1. The minimum Gasteiger partial charge on any atom is -0.479 e. The minimum atomic E-state index is -0.832. The van der Waals surface area contributed by atoms with Crippen molar-refractivity contribution in [2.45, 2.75) is 19.3 Å². The molecule has 1 aliphatic carbocycles. The van der Waals surface area contributed by atoms with Crippen molar-refractivity contribution in [3.63, 3.8) is 0 Å². The van der Waals surface area contributed by atoms with Crippen LogP contribution in [0.1, 0.15) is 27.2 Å². The van der Waals surface area contributed by atoms with Crippen molar-refractivity contribution in [2.75, 3.05) is 18.5 Å². The Morgan fingerprint density at radius 1 is 1.25 bits per heavy atom. The molecule has 10 heteroatoms. The Balaban J connectivity index is 1.51. The van der Waals surface area contributed by atoms with Crippen molar-refractivity contribution in [3.8, 4) is 5.75 Å². The maximum Gasteiger partial charge on any atom is 0.344 e. The lowest BCUT2D eigenvalue weighted by Crippen LogP contribution is -2.24. The van der Waals surface area contributed by atoms with Crippen molar-refractivity contribution in [3.05, 3.63) is 44.5 Å². The lowest BCUT2D eigenvalue weighted by atomic mass is 10.1. The van der Waals surface area contributed by atoms with E-state index in [0.29, 0.717) is 15.0 Å². The average molecular weight is 471 g/mol. The molecule has 2 aromatic rings. The van der Waals surface area contributed by atoms with E-state index in [1.807, 2.05) is 0 Å². The number of anilines is 1. The standard InChI is InChI=1S/C18H16BrFN2O5S/c19-9-4-5-12(11(20)6-9)26-8-15(24)27-7-14(23)22-18-16(17(21)25)10-2-1-3-13(10)28-18/h4-6H,1-3,7-8H2,(H2,21,25)(H,22,23). The van der Waals surface area contributed by atoms with Gasteiger partial charge in [-0.15, -0.1) is 11.3 Å². The molecule has 0 aliphatic heterocycles. The Kier molecular flexibility index (Phi) is 6.30. The molecule has 0 saturated carbocycles. The van der Waals surface area contributed by atoms with Crippen LogP contribution >= 0.6 is 27.3 Å². The summed E-state index contributed by atoms with van der Waals surface area (Å²) < 4.78 is 24.0. The fraction of sp³-hybridized carbons (Fsp3) is 0.278. The Bertz CT molecular complexity index is 946. The lowest BCUT2D eigenvalue weighted by molar-refractivity contribution is -0.149. The van der Waals surface area contributed by atoms with Gasteiger partial charge in [-0.2, -0.15) is 0 Å². The zero-order valence-electron chi connectivity index (χ0n) is 14.6. The van der Waals surface area contributed by atoms with Crippen LogP contribution in [0.5, 0.6) is 5.75 Å². The van der Waals surface area contributed by atoms with E-state index in [9.17, 15) is 18.8 Å². The normalized spacial score (nSPS) is 12.4. The highest BCUT2D eigenvalue weighted by Crippen LogP contribution is 2.38. The van der Waals surface area contributed by atoms with Crippen LogP contribution in [-0.4, -0.2) is 31.0 Å². The van der Waals surface area contributed by atoms with Crippen molar-refractivity contribution in [2.24, 2.45) is 5.73 Å². The van der Waals surface area contributed by atoms with Crippen LogP contribution in [0.3, 0.4) is 0 Å². The van der Waals surface area contributed by atoms with E-state index >= 15 is 0 Å². The average Bonchev–Trinajstić information content (AvgIpc) is 3.19. The number of hydrogen-bond acceptors (Lipinski definition) is 6. The predicted molar refractivity (Wildman–Crippen MR) is 104 cm³/mol. The zero-order chi connectivity index (χ0) is 20.3. The number of esters is 1. The molecule has 7 nitrogen and oxygen atoms in total. The van der Waals surface area contributed by atoms with Crippen molar-refractivity contribution < 1.29 is 28.2 Å². The topological polar surface area (TPSA) is 108 Å². The maximum absolute atomic E-state index is 13.6. The van der Waals surface area contributed by atoms with E-state index in [0.717, 1.165) is 29.7 Å². The first kappa shape index (κ1) is 20.3. The molecule has 1 aliphatic rings. The Morgan fingerprint density at radius 2 is 2.04 bits per heavy atom. The fourth-order valence-corrected chi connectivity index (χ4v) is 4.48. The molecule has 0 unspecified atom stereocenters. The number of carbonyl (C=O) groups excluding carboxylic acids is 3. The van der Waals surface area contributed by atoms with Crippen LogP contribution < -0.4 is 15.8 Å². The number of halogens is 2. The number of benzene rings is 1. The van der Waals surface area contributed by atoms with Gasteiger partial charge in [0.05, 0.1) is 5.56 Å². The first-order valence-electron chi connectivity index (χ1n) is 8.33. The third-order valence-corrected chi connectivity index (χ3v) is 5.72. The first-order chi connectivity index (χ1) is 13.3. The van der Waals surface area contributed by atoms with E-state index in [1.165, 1.54) is 23.5 Å². The molecule has 3 N–H and O–H groups in total. The van der Waals surface area contributed by atoms with Gasteiger partial charge in [0.2, 0.25) is 0 Å². The van der Waals surface area contributed by atoms with Gasteiger partial charge in [0.25, 0.3) is 11.8 Å². The summed E-state index contributed by atoms with van der Waals surface area (Å²) in [5.74, 6) is -2.78. The van der Waals surface area contributed by atoms with Gasteiger partial charge >= 0.3 is 5.97 Å². The van der Waals surface area contributed by atoms with Gasteiger partial charge in [-0.05, 0) is 43.0 Å². The summed E-state index contributed by atoms with van der Waals surface area (Å²) in [7, 11) is 0. The number of amides is 2. The van der Waals surface area contributed by atoms with Crippen LogP contribution in [0.4, 0.5) is 9.39 Å². The molecule has 28 heavy (non-hydrogen) atoms. The van der Waals surface area contributed by atoms with Gasteiger partial charge in [0, 0.05) is 9.35 Å². The van der Waals surface area contributed by atoms with E-state index < -0.39 is 36.8 Å². The fourth-order valence-electron chi connectivity index (χ4n) is 2.83. The number of primary amides is 1. The highest BCUT2D eigenvalue weighted by Gasteiger charge is 2.26. The van der Waals surface area contributed by atoms with Crippen LogP contribution in [0, 0.1) is 5.82 Å². The van der Waals surface area contributed by atoms with Crippen LogP contribution in [0.2, 0.25) is 0 Å². The van der Waals surface area contributed by atoms with Gasteiger partial charge in [-0.25, -0.2) is 9.18 Å². The van der Waals surface area contributed by atoms with Gasteiger partial charge in [-0.3, -0.25) is 9.59 Å². The Hall–Kier alpha value is -2.46. The summed E-state index contributed by atoms with van der Waals surface area (Å²) in [6.07, 6.45) is 2.54. The van der Waals surface area contributed by atoms with Crippen molar-refractivity contribution in [1.82, 2.24) is 0 Å². The summed E-state index contributed by atoms with van der Waals surface area (Å²) in [5, 5.41) is 2.93. The second-order valence-electron chi connectivity index (χ2n) is 6.00.